The maximum atomic E-state index is 10.8. The highest BCUT2D eigenvalue weighted by molar-refractivity contribution is 5.50. The Labute approximate surface area is 190 Å². The Hall–Kier alpha value is -3.65. The Balaban J connectivity index is 0.000000462. The summed E-state index contributed by atoms with van der Waals surface area (Å²) in [5, 5.41) is 0. The normalized spacial score (nSPS) is 10.0. The number of primary amides is 1. The number of carbonyl (C=O) groups is 2. The molecule has 0 atom stereocenters. The number of amides is 1. The molecule has 3 rings (SSSR count). The molecule has 0 aliphatic rings. The van der Waals surface area contributed by atoms with Crippen molar-refractivity contribution >= 4 is 12.7 Å². The molecule has 8 heteroatoms. The van der Waals surface area contributed by atoms with Crippen molar-refractivity contribution in [2.45, 2.75) is 25.6 Å². The SMILES string of the molecule is NC=O.O=CCC(F)(F)F.c1ccc(COCCc2ccc(Oc3ccccc3)cc2)cc1. The maximum Gasteiger partial charge on any atom is 0.395 e. The van der Waals surface area contributed by atoms with Crippen molar-refractivity contribution in [3.63, 3.8) is 0 Å². The van der Waals surface area contributed by atoms with Gasteiger partial charge in [-0.15, -0.1) is 0 Å². The number of rotatable bonds is 8. The van der Waals surface area contributed by atoms with Crippen molar-refractivity contribution in [1.29, 1.82) is 0 Å². The number of para-hydroxylation sites is 1. The van der Waals surface area contributed by atoms with E-state index in [0.717, 1.165) is 17.9 Å². The smallest absolute Gasteiger partial charge is 0.395 e. The highest BCUT2D eigenvalue weighted by Crippen LogP contribution is 2.21. The largest absolute Gasteiger partial charge is 0.457 e. The molecule has 0 saturated heterocycles. The van der Waals surface area contributed by atoms with Crippen molar-refractivity contribution in [2.24, 2.45) is 5.73 Å². The fraction of sp³-hybridized carbons (Fsp3) is 0.200. The molecular formula is C25H26F3NO4. The zero-order chi connectivity index (χ0) is 24.4. The predicted molar refractivity (Wildman–Crippen MR) is 120 cm³/mol. The first-order valence-corrected chi connectivity index (χ1v) is 9.97. The summed E-state index contributed by atoms with van der Waals surface area (Å²) in [6.45, 7) is 1.38. The van der Waals surface area contributed by atoms with E-state index in [0.29, 0.717) is 13.2 Å². The summed E-state index contributed by atoms with van der Waals surface area (Å²) in [5.41, 5.74) is 6.62. The van der Waals surface area contributed by atoms with E-state index in [4.69, 9.17) is 19.1 Å². The van der Waals surface area contributed by atoms with Gasteiger partial charge in [0, 0.05) is 0 Å². The van der Waals surface area contributed by atoms with E-state index in [1.807, 2.05) is 60.7 Å². The Morgan fingerprint density at radius 2 is 1.27 bits per heavy atom. The molecule has 0 fully saturated rings. The molecule has 0 spiro atoms. The van der Waals surface area contributed by atoms with Crippen LogP contribution in [0.1, 0.15) is 17.5 Å². The van der Waals surface area contributed by atoms with Gasteiger partial charge in [0.2, 0.25) is 6.41 Å². The Morgan fingerprint density at radius 1 is 0.758 bits per heavy atom. The molecule has 0 radical (unpaired) electrons. The molecule has 0 unspecified atom stereocenters. The second kappa shape index (κ2) is 16.0. The highest BCUT2D eigenvalue weighted by atomic mass is 19.4. The van der Waals surface area contributed by atoms with Crippen molar-refractivity contribution < 1.29 is 32.2 Å². The Kier molecular flexibility index (Phi) is 13.3. The van der Waals surface area contributed by atoms with Gasteiger partial charge in [-0.05, 0) is 41.8 Å². The average molecular weight is 461 g/mol. The van der Waals surface area contributed by atoms with Crippen LogP contribution in [-0.2, 0) is 27.4 Å². The number of alkyl halides is 3. The van der Waals surface area contributed by atoms with Gasteiger partial charge in [-0.25, -0.2) is 0 Å². The molecule has 33 heavy (non-hydrogen) atoms. The summed E-state index contributed by atoms with van der Waals surface area (Å²) in [7, 11) is 0. The van der Waals surface area contributed by atoms with Gasteiger partial charge < -0.3 is 20.0 Å². The molecule has 0 aliphatic heterocycles. The van der Waals surface area contributed by atoms with Gasteiger partial charge in [-0.1, -0.05) is 60.7 Å². The van der Waals surface area contributed by atoms with Crippen molar-refractivity contribution in [3.05, 3.63) is 96.1 Å². The third kappa shape index (κ3) is 14.1. The van der Waals surface area contributed by atoms with E-state index in [2.05, 4.69) is 30.0 Å². The fourth-order valence-electron chi connectivity index (χ4n) is 2.40. The number of ether oxygens (including phenoxy) is 2. The van der Waals surface area contributed by atoms with Crippen LogP contribution in [0, 0.1) is 0 Å². The monoisotopic (exact) mass is 461 g/mol. The van der Waals surface area contributed by atoms with Gasteiger partial charge in [-0.3, -0.25) is 4.79 Å². The first kappa shape index (κ1) is 27.4. The van der Waals surface area contributed by atoms with Crippen LogP contribution >= 0.6 is 0 Å². The molecule has 0 aromatic heterocycles. The minimum atomic E-state index is -4.32. The minimum absolute atomic E-state index is 0.167. The molecule has 0 heterocycles. The van der Waals surface area contributed by atoms with E-state index >= 15 is 0 Å². The number of halogens is 3. The lowest BCUT2D eigenvalue weighted by Gasteiger charge is -2.07. The second-order valence-corrected chi connectivity index (χ2v) is 6.47. The summed E-state index contributed by atoms with van der Waals surface area (Å²) in [4.78, 5) is 17.7. The number of nitrogens with two attached hydrogens (primary N) is 1. The topological polar surface area (TPSA) is 78.6 Å². The summed E-state index contributed by atoms with van der Waals surface area (Å²) >= 11 is 0. The molecule has 5 nitrogen and oxygen atoms in total. The van der Waals surface area contributed by atoms with Crippen LogP contribution < -0.4 is 10.5 Å². The number of hydrogen-bond acceptors (Lipinski definition) is 4. The standard InChI is InChI=1S/C21H20O2.C3H3F3O.CH3NO/c1-3-7-19(8-4-1)17-22-16-15-18-11-13-21(14-12-18)23-20-9-5-2-6-10-20;4-3(5,6)1-2-7;2-1-3/h1-14H,15-17H2;2H,1H2;1H,(H2,2,3). The Bertz CT molecular complexity index is 902. The molecule has 0 bridgehead atoms. The second-order valence-electron chi connectivity index (χ2n) is 6.47. The van der Waals surface area contributed by atoms with Crippen LogP contribution in [0.3, 0.4) is 0 Å². The van der Waals surface area contributed by atoms with Gasteiger partial charge in [-0.2, -0.15) is 13.2 Å². The molecule has 3 aromatic carbocycles. The Morgan fingerprint density at radius 3 is 1.76 bits per heavy atom. The van der Waals surface area contributed by atoms with E-state index in [1.54, 1.807) is 0 Å². The first-order valence-electron chi connectivity index (χ1n) is 9.97. The van der Waals surface area contributed by atoms with Gasteiger partial charge in [0.15, 0.2) is 0 Å². The maximum absolute atomic E-state index is 10.8. The molecule has 3 aromatic rings. The van der Waals surface area contributed by atoms with E-state index in [-0.39, 0.29) is 12.7 Å². The molecule has 0 aliphatic carbocycles. The lowest BCUT2D eigenvalue weighted by atomic mass is 10.1. The number of carbonyl (C=O) groups excluding carboxylic acids is 2. The lowest BCUT2D eigenvalue weighted by Crippen LogP contribution is -2.06. The summed E-state index contributed by atoms with van der Waals surface area (Å²) < 4.78 is 44.0. The average Bonchev–Trinajstić information content (AvgIpc) is 2.79. The zero-order valence-corrected chi connectivity index (χ0v) is 17.9. The number of benzene rings is 3. The van der Waals surface area contributed by atoms with Crippen LogP contribution in [0.25, 0.3) is 0 Å². The van der Waals surface area contributed by atoms with Crippen LogP contribution in [0.4, 0.5) is 13.2 Å². The number of hydrogen-bond donors (Lipinski definition) is 1. The van der Waals surface area contributed by atoms with E-state index in [9.17, 15) is 13.2 Å². The lowest BCUT2D eigenvalue weighted by molar-refractivity contribution is -0.144. The molecule has 1 amide bonds. The van der Waals surface area contributed by atoms with Crippen molar-refractivity contribution in [2.75, 3.05) is 6.61 Å². The molecule has 2 N–H and O–H groups in total. The van der Waals surface area contributed by atoms with E-state index < -0.39 is 12.6 Å². The number of aldehydes is 1. The summed E-state index contributed by atoms with van der Waals surface area (Å²) in [6, 6.07) is 28.2. The van der Waals surface area contributed by atoms with Crippen LogP contribution in [0.15, 0.2) is 84.9 Å². The van der Waals surface area contributed by atoms with Crippen molar-refractivity contribution in [1.82, 2.24) is 0 Å². The third-order valence-electron chi connectivity index (χ3n) is 3.86. The van der Waals surface area contributed by atoms with Crippen LogP contribution in [0.5, 0.6) is 11.5 Å². The highest BCUT2D eigenvalue weighted by Gasteiger charge is 2.25. The van der Waals surface area contributed by atoms with Gasteiger partial charge in [0.25, 0.3) is 0 Å². The molecule has 176 valence electrons. The first-order chi connectivity index (χ1) is 15.9. The molecular weight excluding hydrogens is 435 g/mol. The van der Waals surface area contributed by atoms with E-state index in [1.165, 1.54) is 11.1 Å². The van der Waals surface area contributed by atoms with Crippen LogP contribution in [-0.4, -0.2) is 25.5 Å². The van der Waals surface area contributed by atoms with Crippen LogP contribution in [0.2, 0.25) is 0 Å². The third-order valence-corrected chi connectivity index (χ3v) is 3.86. The summed E-state index contributed by atoms with van der Waals surface area (Å²) in [5.74, 6) is 1.71. The van der Waals surface area contributed by atoms with Crippen molar-refractivity contribution in [3.8, 4) is 11.5 Å². The van der Waals surface area contributed by atoms with Gasteiger partial charge >= 0.3 is 6.18 Å². The van der Waals surface area contributed by atoms with Gasteiger partial charge in [0.05, 0.1) is 19.6 Å². The zero-order valence-electron chi connectivity index (χ0n) is 17.9. The predicted octanol–water partition coefficient (Wildman–Crippen LogP) is 5.48. The van der Waals surface area contributed by atoms with Gasteiger partial charge in [0.1, 0.15) is 17.8 Å². The summed E-state index contributed by atoms with van der Waals surface area (Å²) in [6.07, 6.45) is -4.67. The minimum Gasteiger partial charge on any atom is -0.457 e. The quantitative estimate of drug-likeness (QED) is 0.356. The fourth-order valence-corrected chi connectivity index (χ4v) is 2.40. The molecule has 0 saturated carbocycles.